The van der Waals surface area contributed by atoms with Crippen molar-refractivity contribution in [3.63, 3.8) is 0 Å². The largest absolute Gasteiger partial charge is 0.489 e. The molecule has 0 N–H and O–H groups in total. The molecule has 21 heavy (non-hydrogen) atoms. The van der Waals surface area contributed by atoms with Crippen LogP contribution in [0.2, 0.25) is 0 Å². The maximum absolute atomic E-state index is 12.2. The van der Waals surface area contributed by atoms with E-state index in [1.165, 1.54) is 0 Å². The molecular weight excluding hydrogens is 340 g/mol. The van der Waals surface area contributed by atoms with Gasteiger partial charge in [-0.15, -0.1) is 5.10 Å². The van der Waals surface area contributed by atoms with Crippen molar-refractivity contribution in [2.24, 2.45) is 0 Å². The van der Waals surface area contributed by atoms with Gasteiger partial charge >= 0.3 is 6.09 Å². The van der Waals surface area contributed by atoms with Gasteiger partial charge in [0.25, 0.3) is 0 Å². The van der Waals surface area contributed by atoms with Gasteiger partial charge in [-0.25, -0.2) is 9.48 Å². The number of halogens is 1. The highest BCUT2D eigenvalue weighted by molar-refractivity contribution is 9.10. The summed E-state index contributed by atoms with van der Waals surface area (Å²) in [5, 5.41) is 7.66. The van der Waals surface area contributed by atoms with E-state index in [1.54, 1.807) is 22.0 Å². The van der Waals surface area contributed by atoms with E-state index < -0.39 is 0 Å². The van der Waals surface area contributed by atoms with Gasteiger partial charge in [-0.1, -0.05) is 21.1 Å². The number of nitrogens with zero attached hydrogens (tertiary/aromatic N) is 4. The highest BCUT2D eigenvalue weighted by Crippen LogP contribution is 2.40. The summed E-state index contributed by atoms with van der Waals surface area (Å²) >= 11 is 3.40. The Morgan fingerprint density at radius 2 is 2.33 bits per heavy atom. The van der Waals surface area contributed by atoms with Crippen LogP contribution < -0.4 is 9.64 Å². The van der Waals surface area contributed by atoms with Crippen LogP contribution in [-0.2, 0) is 11.3 Å². The predicted molar refractivity (Wildman–Crippen MR) is 76.2 cm³/mol. The van der Waals surface area contributed by atoms with Crippen molar-refractivity contribution in [1.29, 1.82) is 0 Å². The molecule has 3 heterocycles. The number of carbonyl (C=O) groups excluding carboxylic acids is 1. The molecule has 0 saturated carbocycles. The smallest absolute Gasteiger partial charge is 0.415 e. The van der Waals surface area contributed by atoms with Crippen LogP contribution in [0.5, 0.6) is 5.75 Å². The third kappa shape index (κ3) is 2.06. The molecule has 0 radical (unpaired) electrons. The van der Waals surface area contributed by atoms with Crippen LogP contribution in [0.4, 0.5) is 10.5 Å². The van der Waals surface area contributed by atoms with Crippen molar-refractivity contribution in [2.45, 2.75) is 18.7 Å². The van der Waals surface area contributed by atoms with E-state index >= 15 is 0 Å². The minimum atomic E-state index is -0.350. The standard InChI is InChI=1S/C13H11BrN4O3/c14-8-1-2-9-11(5-8)20-7-10-12(21-13(19)18(9)10)6-17-4-3-15-16-17/h1-5,10,12H,6-7H2/t10-,12-/m0/s1. The van der Waals surface area contributed by atoms with E-state index in [9.17, 15) is 4.79 Å². The summed E-state index contributed by atoms with van der Waals surface area (Å²) in [6, 6.07) is 5.42. The normalized spacial score (nSPS) is 23.3. The number of carbonyl (C=O) groups is 1. The molecular formula is C13H11BrN4O3. The van der Waals surface area contributed by atoms with Gasteiger partial charge in [0.2, 0.25) is 0 Å². The molecule has 2 atom stereocenters. The zero-order valence-corrected chi connectivity index (χ0v) is 12.4. The first-order valence-electron chi connectivity index (χ1n) is 6.48. The van der Waals surface area contributed by atoms with Gasteiger partial charge in [-0.3, -0.25) is 4.90 Å². The highest BCUT2D eigenvalue weighted by atomic mass is 79.9. The average Bonchev–Trinajstić information content (AvgIpc) is 3.08. The van der Waals surface area contributed by atoms with Gasteiger partial charge in [0.05, 0.1) is 18.4 Å². The van der Waals surface area contributed by atoms with Gasteiger partial charge in [0, 0.05) is 10.7 Å². The van der Waals surface area contributed by atoms with Gasteiger partial charge in [-0.2, -0.15) is 0 Å². The van der Waals surface area contributed by atoms with Crippen LogP contribution in [-0.4, -0.2) is 39.8 Å². The second kappa shape index (κ2) is 4.73. The van der Waals surface area contributed by atoms with Gasteiger partial charge in [0.1, 0.15) is 24.5 Å². The number of ether oxygens (including phenoxy) is 2. The Morgan fingerprint density at radius 1 is 1.43 bits per heavy atom. The van der Waals surface area contributed by atoms with Crippen molar-refractivity contribution in [3.05, 3.63) is 35.1 Å². The number of anilines is 1. The van der Waals surface area contributed by atoms with Crippen molar-refractivity contribution in [1.82, 2.24) is 15.0 Å². The number of aromatic nitrogens is 3. The number of hydrogen-bond donors (Lipinski definition) is 0. The quantitative estimate of drug-likeness (QED) is 0.826. The Labute approximate surface area is 128 Å². The summed E-state index contributed by atoms with van der Waals surface area (Å²) < 4.78 is 13.8. The number of amides is 1. The lowest BCUT2D eigenvalue weighted by atomic mass is 10.1. The molecule has 108 valence electrons. The topological polar surface area (TPSA) is 69.5 Å². The summed E-state index contributed by atoms with van der Waals surface area (Å²) in [5.41, 5.74) is 0.737. The van der Waals surface area contributed by atoms with Crippen LogP contribution in [0.25, 0.3) is 0 Å². The maximum Gasteiger partial charge on any atom is 0.415 e. The minimum Gasteiger partial charge on any atom is -0.489 e. The number of cyclic esters (lactones) is 1. The van der Waals surface area contributed by atoms with Crippen LogP contribution in [0.3, 0.4) is 0 Å². The van der Waals surface area contributed by atoms with Crippen LogP contribution in [0.15, 0.2) is 35.1 Å². The first kappa shape index (κ1) is 12.6. The van der Waals surface area contributed by atoms with E-state index in [4.69, 9.17) is 9.47 Å². The van der Waals surface area contributed by atoms with Crippen molar-refractivity contribution in [3.8, 4) is 5.75 Å². The van der Waals surface area contributed by atoms with E-state index in [-0.39, 0.29) is 18.2 Å². The van der Waals surface area contributed by atoms with Gasteiger partial charge in [0.15, 0.2) is 0 Å². The van der Waals surface area contributed by atoms with Crippen molar-refractivity contribution >= 4 is 27.7 Å². The Hall–Kier alpha value is -2.09. The third-order valence-corrected chi connectivity index (χ3v) is 4.13. The van der Waals surface area contributed by atoms with Gasteiger partial charge < -0.3 is 9.47 Å². The minimum absolute atomic E-state index is 0.157. The second-order valence-corrected chi connectivity index (χ2v) is 5.82. The summed E-state index contributed by atoms with van der Waals surface area (Å²) in [7, 11) is 0. The summed E-state index contributed by atoms with van der Waals surface area (Å²) in [6.45, 7) is 0.858. The molecule has 2 aromatic rings. The lowest BCUT2D eigenvalue weighted by molar-refractivity contribution is 0.106. The molecule has 1 fully saturated rings. The molecule has 1 aromatic heterocycles. The highest BCUT2D eigenvalue weighted by Gasteiger charge is 2.46. The molecule has 0 bridgehead atoms. The Kier molecular flexibility index (Phi) is 2.85. The van der Waals surface area contributed by atoms with E-state index in [0.29, 0.717) is 18.9 Å². The molecule has 0 spiro atoms. The lowest BCUT2D eigenvalue weighted by Gasteiger charge is -2.31. The lowest BCUT2D eigenvalue weighted by Crippen LogP contribution is -2.45. The first-order valence-corrected chi connectivity index (χ1v) is 7.28. The van der Waals surface area contributed by atoms with E-state index in [0.717, 1.165) is 10.2 Å². The number of rotatable bonds is 2. The molecule has 1 saturated heterocycles. The Bertz CT molecular complexity index is 691. The SMILES string of the molecule is O=C1O[C@@H](Cn2ccnn2)[C@@H]2COc3cc(Br)ccc3N12. The van der Waals surface area contributed by atoms with Crippen LogP contribution >= 0.6 is 15.9 Å². The summed E-state index contributed by atoms with van der Waals surface area (Å²) in [6.07, 6.45) is 2.68. The number of hydrogen-bond acceptors (Lipinski definition) is 5. The molecule has 4 rings (SSSR count). The summed E-state index contributed by atoms with van der Waals surface area (Å²) in [4.78, 5) is 13.8. The fourth-order valence-electron chi connectivity index (χ4n) is 2.68. The number of fused-ring (bicyclic) bond motifs is 3. The van der Waals surface area contributed by atoms with Crippen LogP contribution in [0.1, 0.15) is 0 Å². The van der Waals surface area contributed by atoms with Crippen LogP contribution in [0, 0.1) is 0 Å². The Balaban J connectivity index is 1.65. The first-order chi connectivity index (χ1) is 10.2. The number of benzene rings is 1. The predicted octanol–water partition coefficient (Wildman–Crippen LogP) is 1.83. The monoisotopic (exact) mass is 350 g/mol. The zero-order valence-electron chi connectivity index (χ0n) is 10.8. The molecule has 7 nitrogen and oxygen atoms in total. The summed E-state index contributed by atoms with van der Waals surface area (Å²) in [5.74, 6) is 0.680. The molecule has 1 aromatic carbocycles. The maximum atomic E-state index is 12.2. The molecule has 2 aliphatic heterocycles. The average molecular weight is 351 g/mol. The van der Waals surface area contributed by atoms with E-state index in [2.05, 4.69) is 26.2 Å². The van der Waals surface area contributed by atoms with Crippen molar-refractivity contribution < 1.29 is 14.3 Å². The second-order valence-electron chi connectivity index (χ2n) is 4.91. The van der Waals surface area contributed by atoms with E-state index in [1.807, 2.05) is 18.2 Å². The van der Waals surface area contributed by atoms with Gasteiger partial charge in [-0.05, 0) is 18.2 Å². The molecule has 8 heteroatoms. The van der Waals surface area contributed by atoms with Crippen molar-refractivity contribution in [2.75, 3.05) is 11.5 Å². The molecule has 2 aliphatic rings. The molecule has 0 aliphatic carbocycles. The molecule has 1 amide bonds. The fraction of sp³-hybridized carbons (Fsp3) is 0.308. The fourth-order valence-corrected chi connectivity index (χ4v) is 3.02. The Morgan fingerprint density at radius 3 is 3.14 bits per heavy atom. The zero-order chi connectivity index (χ0) is 14.4. The molecule has 0 unspecified atom stereocenters. The third-order valence-electron chi connectivity index (χ3n) is 3.64.